The van der Waals surface area contributed by atoms with Gasteiger partial charge in [0.25, 0.3) is 0 Å². The van der Waals surface area contributed by atoms with E-state index in [2.05, 4.69) is 33.4 Å². The molecule has 1 atom stereocenters. The first-order chi connectivity index (χ1) is 11.6. The fourth-order valence-electron chi connectivity index (χ4n) is 3.58. The number of hydrogen-bond acceptors (Lipinski definition) is 1. The molecule has 0 heterocycles. The van der Waals surface area contributed by atoms with Crippen molar-refractivity contribution in [2.75, 3.05) is 0 Å². The molecule has 0 aromatic rings. The molecule has 3 N–H and O–H groups in total. The number of hydrogen-bond donors (Lipinski definition) is 1. The first-order valence-electron chi connectivity index (χ1n) is 11.1. The zero-order chi connectivity index (χ0) is 18.1. The summed E-state index contributed by atoms with van der Waals surface area (Å²) in [7, 11) is 0. The Morgan fingerprint density at radius 3 is 1.48 bits per heavy atom. The Labute approximate surface area is 165 Å². The van der Waals surface area contributed by atoms with Crippen LogP contribution in [0, 0.1) is 0 Å². The van der Waals surface area contributed by atoms with Gasteiger partial charge in [0.15, 0.2) is 6.23 Å². The number of rotatable bonds is 18. The van der Waals surface area contributed by atoms with E-state index in [1.807, 2.05) is 0 Å². The summed E-state index contributed by atoms with van der Waals surface area (Å²) >= 11 is 0. The zero-order valence-electron chi connectivity index (χ0n) is 17.9. The van der Waals surface area contributed by atoms with Crippen LogP contribution in [-0.4, -0.2) is 11.8 Å². The standard InChI is InChI=1S/C22H47NO.ClH/c1-5-8-10-12-14-16-19-22(4,24-21(23)18-7-3)20-17-15-13-11-9-6-2;/h21H,5-20,23H2,1-4H3;1H. The average molecular weight is 378 g/mol. The van der Waals surface area contributed by atoms with Gasteiger partial charge in [0.2, 0.25) is 0 Å². The van der Waals surface area contributed by atoms with Crippen LogP contribution in [0.3, 0.4) is 0 Å². The van der Waals surface area contributed by atoms with Gasteiger partial charge in [0, 0.05) is 6.42 Å². The summed E-state index contributed by atoms with van der Waals surface area (Å²) < 4.78 is 6.42. The fraction of sp³-hybridized carbons (Fsp3) is 1.00. The van der Waals surface area contributed by atoms with Crippen molar-refractivity contribution in [3.8, 4) is 0 Å². The van der Waals surface area contributed by atoms with Crippen LogP contribution in [0.2, 0.25) is 0 Å². The van der Waals surface area contributed by atoms with Crippen LogP contribution in [0.4, 0.5) is 0 Å². The topological polar surface area (TPSA) is 36.9 Å². The predicted octanol–water partition coefficient (Wildman–Crippen LogP) is 3.64. The van der Waals surface area contributed by atoms with Crippen LogP contribution in [0.25, 0.3) is 0 Å². The highest BCUT2D eigenvalue weighted by Gasteiger charge is 2.27. The maximum absolute atomic E-state index is 6.42. The second-order valence-electron chi connectivity index (χ2n) is 8.01. The van der Waals surface area contributed by atoms with Gasteiger partial charge in [-0.1, -0.05) is 97.8 Å². The van der Waals surface area contributed by atoms with Crippen LogP contribution in [0.5, 0.6) is 0 Å². The minimum absolute atomic E-state index is 0. The van der Waals surface area contributed by atoms with E-state index in [-0.39, 0.29) is 24.2 Å². The van der Waals surface area contributed by atoms with Gasteiger partial charge in [-0.15, -0.1) is 0 Å². The average Bonchev–Trinajstić information content (AvgIpc) is 2.54. The van der Waals surface area contributed by atoms with Crippen molar-refractivity contribution < 1.29 is 22.9 Å². The van der Waals surface area contributed by atoms with E-state index < -0.39 is 0 Å². The smallest absolute Gasteiger partial charge is 0.189 e. The molecule has 25 heavy (non-hydrogen) atoms. The van der Waals surface area contributed by atoms with E-state index in [9.17, 15) is 0 Å². The second-order valence-corrected chi connectivity index (χ2v) is 8.01. The van der Waals surface area contributed by atoms with E-state index in [0.717, 1.165) is 12.8 Å². The van der Waals surface area contributed by atoms with E-state index in [4.69, 9.17) is 4.74 Å². The van der Waals surface area contributed by atoms with Crippen molar-refractivity contribution in [1.82, 2.24) is 0 Å². The van der Waals surface area contributed by atoms with Crippen molar-refractivity contribution in [1.29, 1.82) is 0 Å². The first kappa shape index (κ1) is 27.4. The monoisotopic (exact) mass is 377 g/mol. The van der Waals surface area contributed by atoms with Crippen molar-refractivity contribution in [2.24, 2.45) is 0 Å². The lowest BCUT2D eigenvalue weighted by Crippen LogP contribution is -3.00. The van der Waals surface area contributed by atoms with Crippen LogP contribution in [0.15, 0.2) is 0 Å². The summed E-state index contributed by atoms with van der Waals surface area (Å²) in [6.45, 7) is 9.14. The van der Waals surface area contributed by atoms with Gasteiger partial charge in [-0.3, -0.25) is 0 Å². The third-order valence-corrected chi connectivity index (χ3v) is 5.18. The highest BCUT2D eigenvalue weighted by atomic mass is 35.5. The number of unbranched alkanes of at least 4 members (excludes halogenated alkanes) is 10. The molecule has 0 fully saturated rings. The Bertz CT molecular complexity index is 244. The summed E-state index contributed by atoms with van der Waals surface area (Å²) in [6.07, 6.45) is 21.2. The van der Waals surface area contributed by atoms with E-state index >= 15 is 0 Å². The third-order valence-electron chi connectivity index (χ3n) is 5.18. The molecular weight excluding hydrogens is 330 g/mol. The number of ether oxygens (including phenoxy) is 1. The van der Waals surface area contributed by atoms with Crippen molar-refractivity contribution in [3.63, 3.8) is 0 Å². The SMILES string of the molecule is CCCCCCCCC(C)(CCCCCCCC)OC([NH3+])CCC.[Cl-]. The molecule has 0 aromatic heterocycles. The maximum Gasteiger partial charge on any atom is 0.189 e. The highest BCUT2D eigenvalue weighted by molar-refractivity contribution is 4.76. The highest BCUT2D eigenvalue weighted by Crippen LogP contribution is 2.28. The van der Waals surface area contributed by atoms with Gasteiger partial charge < -0.3 is 22.9 Å². The lowest BCUT2D eigenvalue weighted by Gasteiger charge is -2.32. The van der Waals surface area contributed by atoms with Gasteiger partial charge in [-0.05, 0) is 26.2 Å². The summed E-state index contributed by atoms with van der Waals surface area (Å²) in [6, 6.07) is 0. The predicted molar refractivity (Wildman–Crippen MR) is 107 cm³/mol. The molecule has 0 saturated carbocycles. The Kier molecular flexibility index (Phi) is 20.8. The molecule has 0 aliphatic carbocycles. The zero-order valence-corrected chi connectivity index (χ0v) is 18.6. The molecule has 0 aromatic carbocycles. The van der Waals surface area contributed by atoms with Gasteiger partial charge in [0.1, 0.15) is 0 Å². The Hall–Kier alpha value is 0.210. The second kappa shape index (κ2) is 19.0. The minimum atomic E-state index is 0. The lowest BCUT2D eigenvalue weighted by atomic mass is 9.91. The minimum Gasteiger partial charge on any atom is -1.00 e. The van der Waals surface area contributed by atoms with E-state index in [1.165, 1.54) is 89.9 Å². The summed E-state index contributed by atoms with van der Waals surface area (Å²) in [5, 5.41) is 0. The molecule has 0 radical (unpaired) electrons. The lowest BCUT2D eigenvalue weighted by molar-refractivity contribution is -0.506. The largest absolute Gasteiger partial charge is 1.00 e. The molecule has 0 aliphatic rings. The molecule has 2 nitrogen and oxygen atoms in total. The number of halogens is 1. The summed E-state index contributed by atoms with van der Waals surface area (Å²) in [5.41, 5.74) is 4.28. The van der Waals surface area contributed by atoms with Crippen molar-refractivity contribution in [2.45, 2.75) is 142 Å². The van der Waals surface area contributed by atoms with Gasteiger partial charge >= 0.3 is 0 Å². The van der Waals surface area contributed by atoms with Crippen molar-refractivity contribution >= 4 is 0 Å². The number of quaternary nitrogens is 1. The van der Waals surface area contributed by atoms with Gasteiger partial charge in [-0.25, -0.2) is 0 Å². The van der Waals surface area contributed by atoms with Crippen LogP contribution in [0.1, 0.15) is 130 Å². The Morgan fingerprint density at radius 2 is 1.08 bits per heavy atom. The molecule has 0 aliphatic heterocycles. The van der Waals surface area contributed by atoms with Crippen molar-refractivity contribution in [3.05, 3.63) is 0 Å². The summed E-state index contributed by atoms with van der Waals surface area (Å²) in [4.78, 5) is 0. The van der Waals surface area contributed by atoms with Gasteiger partial charge in [0.05, 0.1) is 5.60 Å². The molecule has 1 unspecified atom stereocenters. The Morgan fingerprint density at radius 1 is 0.680 bits per heavy atom. The molecule has 0 amide bonds. The molecule has 0 rings (SSSR count). The maximum atomic E-state index is 6.42. The van der Waals surface area contributed by atoms with E-state index in [0.29, 0.717) is 0 Å². The molecule has 0 bridgehead atoms. The third kappa shape index (κ3) is 17.4. The van der Waals surface area contributed by atoms with Crippen LogP contribution in [-0.2, 0) is 4.74 Å². The fourth-order valence-corrected chi connectivity index (χ4v) is 3.58. The first-order valence-corrected chi connectivity index (χ1v) is 11.1. The van der Waals surface area contributed by atoms with Crippen LogP contribution < -0.4 is 18.1 Å². The molecule has 3 heteroatoms. The molecule has 0 spiro atoms. The normalized spacial score (nSPS) is 12.8. The molecule has 0 saturated heterocycles. The molecular formula is C22H48ClNO. The van der Waals surface area contributed by atoms with E-state index in [1.54, 1.807) is 0 Å². The van der Waals surface area contributed by atoms with Gasteiger partial charge in [-0.2, -0.15) is 0 Å². The Balaban J connectivity index is 0. The quantitative estimate of drug-likeness (QED) is 0.287. The summed E-state index contributed by atoms with van der Waals surface area (Å²) in [5.74, 6) is 0. The molecule has 154 valence electrons. The van der Waals surface area contributed by atoms with Crippen LogP contribution >= 0.6 is 0 Å².